The van der Waals surface area contributed by atoms with E-state index in [0.29, 0.717) is 10.6 Å². The van der Waals surface area contributed by atoms with E-state index in [2.05, 4.69) is 29.8 Å². The van der Waals surface area contributed by atoms with E-state index in [9.17, 15) is 4.79 Å². The fraction of sp³-hybridized carbons (Fsp3) is 0.462. The summed E-state index contributed by atoms with van der Waals surface area (Å²) in [4.78, 5) is 14.1. The Morgan fingerprint density at radius 1 is 1.24 bits per heavy atom. The highest BCUT2D eigenvalue weighted by Crippen LogP contribution is 2.20. The lowest BCUT2D eigenvalue weighted by molar-refractivity contribution is 0.0755. The first-order valence-corrected chi connectivity index (χ1v) is 7.01. The van der Waals surface area contributed by atoms with Crippen LogP contribution in [-0.2, 0) is 0 Å². The minimum absolute atomic E-state index is 0.0527. The summed E-state index contributed by atoms with van der Waals surface area (Å²) in [6.07, 6.45) is 1.93. The SMILES string of the molecule is CCCN(CCC)C(=O)c1cc(Cl)cc(Br)c1. The predicted octanol–water partition coefficient (Wildman–Crippen LogP) is 4.36. The van der Waals surface area contributed by atoms with Gasteiger partial charge in [0.2, 0.25) is 0 Å². The highest BCUT2D eigenvalue weighted by Gasteiger charge is 2.15. The van der Waals surface area contributed by atoms with E-state index in [-0.39, 0.29) is 5.91 Å². The van der Waals surface area contributed by atoms with Crippen molar-refractivity contribution in [1.29, 1.82) is 0 Å². The zero-order chi connectivity index (χ0) is 12.8. The van der Waals surface area contributed by atoms with Gasteiger partial charge in [0.1, 0.15) is 0 Å². The summed E-state index contributed by atoms with van der Waals surface area (Å²) in [6, 6.07) is 5.31. The molecule has 0 saturated heterocycles. The number of hydrogen-bond donors (Lipinski definition) is 0. The monoisotopic (exact) mass is 317 g/mol. The van der Waals surface area contributed by atoms with Crippen molar-refractivity contribution in [1.82, 2.24) is 4.90 Å². The van der Waals surface area contributed by atoms with Crippen LogP contribution in [0.3, 0.4) is 0 Å². The van der Waals surface area contributed by atoms with E-state index in [1.54, 1.807) is 12.1 Å². The highest BCUT2D eigenvalue weighted by molar-refractivity contribution is 9.10. The lowest BCUT2D eigenvalue weighted by Gasteiger charge is -2.21. The van der Waals surface area contributed by atoms with Gasteiger partial charge in [-0.15, -0.1) is 0 Å². The second kappa shape index (κ2) is 7.02. The van der Waals surface area contributed by atoms with Crippen molar-refractivity contribution in [3.63, 3.8) is 0 Å². The van der Waals surface area contributed by atoms with Gasteiger partial charge in [-0.2, -0.15) is 0 Å². The second-order valence-corrected chi connectivity index (χ2v) is 5.30. The van der Waals surface area contributed by atoms with Crippen LogP contribution in [0.25, 0.3) is 0 Å². The molecule has 94 valence electrons. The molecule has 1 rings (SSSR count). The molecule has 0 saturated carbocycles. The lowest BCUT2D eigenvalue weighted by Crippen LogP contribution is -2.32. The molecule has 0 radical (unpaired) electrons. The largest absolute Gasteiger partial charge is 0.339 e. The fourth-order valence-electron chi connectivity index (χ4n) is 1.71. The maximum atomic E-state index is 12.3. The number of benzene rings is 1. The van der Waals surface area contributed by atoms with Crippen LogP contribution in [0, 0.1) is 0 Å². The van der Waals surface area contributed by atoms with E-state index >= 15 is 0 Å². The van der Waals surface area contributed by atoms with E-state index in [4.69, 9.17) is 11.6 Å². The summed E-state index contributed by atoms with van der Waals surface area (Å²) in [5.74, 6) is 0.0527. The van der Waals surface area contributed by atoms with Crippen LogP contribution in [0.1, 0.15) is 37.0 Å². The maximum absolute atomic E-state index is 12.3. The van der Waals surface area contributed by atoms with Crippen LogP contribution < -0.4 is 0 Å². The van der Waals surface area contributed by atoms with Crippen molar-refractivity contribution in [2.45, 2.75) is 26.7 Å². The van der Waals surface area contributed by atoms with Crippen molar-refractivity contribution in [2.75, 3.05) is 13.1 Å². The lowest BCUT2D eigenvalue weighted by atomic mass is 10.2. The van der Waals surface area contributed by atoms with Crippen molar-refractivity contribution >= 4 is 33.4 Å². The predicted molar refractivity (Wildman–Crippen MR) is 75.6 cm³/mol. The summed E-state index contributed by atoms with van der Waals surface area (Å²) in [5, 5.41) is 0.579. The smallest absolute Gasteiger partial charge is 0.253 e. The molecule has 1 aromatic carbocycles. The van der Waals surface area contributed by atoms with Crippen molar-refractivity contribution < 1.29 is 4.79 Å². The molecular formula is C13H17BrClNO. The molecule has 0 aliphatic heterocycles. The Kier molecular flexibility index (Phi) is 6.00. The second-order valence-electron chi connectivity index (χ2n) is 3.95. The molecule has 0 N–H and O–H groups in total. The zero-order valence-corrected chi connectivity index (χ0v) is 12.5. The van der Waals surface area contributed by atoms with Crippen LogP contribution in [0.4, 0.5) is 0 Å². The highest BCUT2D eigenvalue weighted by atomic mass is 79.9. The van der Waals surface area contributed by atoms with Crippen LogP contribution >= 0.6 is 27.5 Å². The zero-order valence-electron chi connectivity index (χ0n) is 10.2. The number of carbonyl (C=O) groups excluding carboxylic acids is 1. The molecule has 1 aromatic rings. The van der Waals surface area contributed by atoms with Gasteiger partial charge < -0.3 is 4.90 Å². The van der Waals surface area contributed by atoms with E-state index in [0.717, 1.165) is 30.4 Å². The van der Waals surface area contributed by atoms with Gasteiger partial charge in [-0.3, -0.25) is 4.79 Å². The van der Waals surface area contributed by atoms with Gasteiger partial charge in [-0.05, 0) is 31.0 Å². The van der Waals surface area contributed by atoms with Crippen molar-refractivity contribution in [3.05, 3.63) is 33.3 Å². The van der Waals surface area contributed by atoms with Crippen LogP contribution in [0.15, 0.2) is 22.7 Å². The Balaban J connectivity index is 2.92. The maximum Gasteiger partial charge on any atom is 0.253 e. The number of carbonyl (C=O) groups is 1. The minimum Gasteiger partial charge on any atom is -0.339 e. The summed E-state index contributed by atoms with van der Waals surface area (Å²) in [5.41, 5.74) is 0.645. The third-order valence-corrected chi connectivity index (χ3v) is 3.06. The average molecular weight is 319 g/mol. The molecule has 1 amide bonds. The molecule has 0 heterocycles. The molecule has 0 bridgehead atoms. The minimum atomic E-state index is 0.0527. The van der Waals surface area contributed by atoms with Gasteiger partial charge in [0.05, 0.1) is 0 Å². The summed E-state index contributed by atoms with van der Waals surface area (Å²) >= 11 is 9.31. The number of amides is 1. The molecule has 2 nitrogen and oxygen atoms in total. The Bertz CT molecular complexity index is 369. The fourth-order valence-corrected chi connectivity index (χ4v) is 2.57. The van der Waals surface area contributed by atoms with Gasteiger partial charge in [0, 0.05) is 28.1 Å². The van der Waals surface area contributed by atoms with E-state index < -0.39 is 0 Å². The number of halogens is 2. The first-order valence-electron chi connectivity index (χ1n) is 5.83. The molecule has 0 aliphatic carbocycles. The van der Waals surface area contributed by atoms with Crippen molar-refractivity contribution in [3.8, 4) is 0 Å². The van der Waals surface area contributed by atoms with Gasteiger partial charge in [0.15, 0.2) is 0 Å². The first-order chi connectivity index (χ1) is 8.08. The Morgan fingerprint density at radius 2 is 1.82 bits per heavy atom. The molecule has 0 spiro atoms. The summed E-state index contributed by atoms with van der Waals surface area (Å²) in [6.45, 7) is 5.72. The molecule has 0 atom stereocenters. The van der Waals surface area contributed by atoms with Crippen LogP contribution in [0.5, 0.6) is 0 Å². The topological polar surface area (TPSA) is 20.3 Å². The average Bonchev–Trinajstić information content (AvgIpc) is 2.26. The van der Waals surface area contributed by atoms with Gasteiger partial charge in [-0.1, -0.05) is 41.4 Å². The van der Waals surface area contributed by atoms with E-state index in [1.807, 2.05) is 11.0 Å². The third kappa shape index (κ3) is 4.32. The molecule has 4 heteroatoms. The standard InChI is InChI=1S/C13H17BrClNO/c1-3-5-16(6-4-2)13(17)10-7-11(14)9-12(15)8-10/h7-9H,3-6H2,1-2H3. The van der Waals surface area contributed by atoms with Gasteiger partial charge in [0.25, 0.3) is 5.91 Å². The van der Waals surface area contributed by atoms with Crippen LogP contribution in [0.2, 0.25) is 5.02 Å². The Morgan fingerprint density at radius 3 is 2.29 bits per heavy atom. The Hall–Kier alpha value is -0.540. The number of nitrogens with zero attached hydrogens (tertiary/aromatic N) is 1. The molecular weight excluding hydrogens is 302 g/mol. The normalized spacial score (nSPS) is 10.4. The van der Waals surface area contributed by atoms with E-state index in [1.165, 1.54) is 0 Å². The van der Waals surface area contributed by atoms with Gasteiger partial charge in [-0.25, -0.2) is 0 Å². The number of hydrogen-bond acceptors (Lipinski definition) is 1. The van der Waals surface area contributed by atoms with Gasteiger partial charge >= 0.3 is 0 Å². The summed E-state index contributed by atoms with van der Waals surface area (Å²) in [7, 11) is 0. The number of rotatable bonds is 5. The van der Waals surface area contributed by atoms with Crippen LogP contribution in [-0.4, -0.2) is 23.9 Å². The quantitative estimate of drug-likeness (QED) is 0.789. The molecule has 0 fully saturated rings. The molecule has 0 aliphatic rings. The molecule has 0 aromatic heterocycles. The Labute approximate surface area is 116 Å². The van der Waals surface area contributed by atoms with Crippen molar-refractivity contribution in [2.24, 2.45) is 0 Å². The summed E-state index contributed by atoms with van der Waals surface area (Å²) < 4.78 is 0.835. The molecule has 0 unspecified atom stereocenters. The third-order valence-electron chi connectivity index (χ3n) is 2.38. The first kappa shape index (κ1) is 14.5. The molecule has 17 heavy (non-hydrogen) atoms.